The van der Waals surface area contributed by atoms with E-state index in [-0.39, 0.29) is 0 Å². The van der Waals surface area contributed by atoms with Crippen LogP contribution in [0.4, 0.5) is 0 Å². The lowest BCUT2D eigenvalue weighted by atomic mass is 10.2. The molecule has 0 amide bonds. The van der Waals surface area contributed by atoms with E-state index < -0.39 is 0 Å². The van der Waals surface area contributed by atoms with E-state index in [0.29, 0.717) is 0 Å². The number of hydrogen-bond acceptors (Lipinski definition) is 1. The molecule has 0 fully saturated rings. The normalized spacial score (nSPS) is 12.8. The van der Waals surface area contributed by atoms with Crippen LogP contribution in [0.2, 0.25) is 0 Å². The molecule has 13 heavy (non-hydrogen) atoms. The van der Waals surface area contributed by atoms with E-state index in [1.165, 1.54) is 16.2 Å². The third-order valence-electron chi connectivity index (χ3n) is 1.82. The smallest absolute Gasteiger partial charge is 0.00722 e. The van der Waals surface area contributed by atoms with Crippen LogP contribution in [0.1, 0.15) is 12.5 Å². The van der Waals surface area contributed by atoms with Crippen LogP contribution in [0.5, 0.6) is 0 Å². The lowest BCUT2D eigenvalue weighted by Gasteiger charge is -2.06. The molecule has 1 atom stereocenters. The summed E-state index contributed by atoms with van der Waals surface area (Å²) in [5.41, 5.74) is 1.33. The first-order valence-electron chi connectivity index (χ1n) is 4.48. The van der Waals surface area contributed by atoms with Crippen LogP contribution < -0.4 is 0 Å². The van der Waals surface area contributed by atoms with Gasteiger partial charge in [-0.25, -0.2) is 0 Å². The third-order valence-corrected chi connectivity index (χ3v) is 4.27. The Bertz CT molecular complexity index is 243. The van der Waals surface area contributed by atoms with Crippen LogP contribution in [0, 0.1) is 12.8 Å². The molecular formula is C11H15BrS. The Balaban J connectivity index is 2.41. The standard InChI is InChI=1S/C11H15BrS/c1-9-3-5-11(6-4-9)13-8-10(2)7-12/h3-6,10H,7-8H2,1-2H3. The van der Waals surface area contributed by atoms with Crippen molar-refractivity contribution in [2.75, 3.05) is 11.1 Å². The lowest BCUT2D eigenvalue weighted by molar-refractivity contribution is 0.770. The summed E-state index contributed by atoms with van der Waals surface area (Å²) in [7, 11) is 0. The van der Waals surface area contributed by atoms with Crippen molar-refractivity contribution in [2.45, 2.75) is 18.7 Å². The highest BCUT2D eigenvalue weighted by Gasteiger charge is 2.00. The summed E-state index contributed by atoms with van der Waals surface area (Å²) >= 11 is 5.42. The molecule has 72 valence electrons. The first kappa shape index (κ1) is 11.1. The average Bonchev–Trinajstić information content (AvgIpc) is 2.16. The quantitative estimate of drug-likeness (QED) is 0.579. The SMILES string of the molecule is Cc1ccc(SCC(C)CBr)cc1. The minimum absolute atomic E-state index is 0.742. The van der Waals surface area contributed by atoms with E-state index in [9.17, 15) is 0 Å². The maximum atomic E-state index is 3.49. The van der Waals surface area contributed by atoms with Crippen molar-refractivity contribution in [1.29, 1.82) is 0 Å². The van der Waals surface area contributed by atoms with E-state index in [1.54, 1.807) is 0 Å². The molecule has 0 aliphatic rings. The topological polar surface area (TPSA) is 0 Å². The van der Waals surface area contributed by atoms with E-state index in [0.717, 1.165) is 11.2 Å². The molecule has 0 heterocycles. The van der Waals surface area contributed by atoms with Crippen molar-refractivity contribution < 1.29 is 0 Å². The van der Waals surface area contributed by atoms with Crippen molar-refractivity contribution in [3.05, 3.63) is 29.8 Å². The molecule has 1 rings (SSSR count). The highest BCUT2D eigenvalue weighted by Crippen LogP contribution is 2.21. The molecule has 1 unspecified atom stereocenters. The first-order chi connectivity index (χ1) is 6.22. The number of alkyl halides is 1. The Morgan fingerprint density at radius 2 is 1.92 bits per heavy atom. The van der Waals surface area contributed by atoms with Crippen LogP contribution in [0.25, 0.3) is 0 Å². The van der Waals surface area contributed by atoms with Crippen molar-refractivity contribution in [3.8, 4) is 0 Å². The zero-order valence-corrected chi connectivity index (χ0v) is 10.5. The number of benzene rings is 1. The summed E-state index contributed by atoms with van der Waals surface area (Å²) in [4.78, 5) is 1.37. The van der Waals surface area contributed by atoms with Crippen molar-refractivity contribution in [2.24, 2.45) is 5.92 Å². The molecule has 0 N–H and O–H groups in total. The van der Waals surface area contributed by atoms with Crippen LogP contribution in [0.15, 0.2) is 29.2 Å². The summed E-state index contributed by atoms with van der Waals surface area (Å²) in [5.74, 6) is 1.93. The van der Waals surface area contributed by atoms with Crippen LogP contribution in [-0.2, 0) is 0 Å². The molecule has 0 spiro atoms. The Morgan fingerprint density at radius 3 is 2.46 bits per heavy atom. The van der Waals surface area contributed by atoms with Crippen molar-refractivity contribution in [1.82, 2.24) is 0 Å². The third kappa shape index (κ3) is 4.19. The molecule has 0 saturated heterocycles. The second kappa shape index (κ2) is 5.71. The van der Waals surface area contributed by atoms with Gasteiger partial charge in [-0.3, -0.25) is 0 Å². The molecular weight excluding hydrogens is 244 g/mol. The predicted molar refractivity (Wildman–Crippen MR) is 64.9 cm³/mol. The van der Waals surface area contributed by atoms with Gasteiger partial charge in [-0.1, -0.05) is 40.5 Å². The molecule has 2 heteroatoms. The Labute approximate surface area is 93.2 Å². The molecule has 1 aromatic rings. The molecule has 0 aromatic heterocycles. The monoisotopic (exact) mass is 258 g/mol. The molecule has 0 nitrogen and oxygen atoms in total. The number of thioether (sulfide) groups is 1. The summed E-state index contributed by atoms with van der Waals surface area (Å²) in [5, 5.41) is 1.09. The number of hydrogen-bond donors (Lipinski definition) is 0. The summed E-state index contributed by atoms with van der Waals surface area (Å²) in [6.45, 7) is 4.38. The zero-order valence-electron chi connectivity index (χ0n) is 8.09. The number of halogens is 1. The summed E-state index contributed by atoms with van der Waals surface area (Å²) < 4.78 is 0. The van der Waals surface area contributed by atoms with Gasteiger partial charge in [-0.15, -0.1) is 11.8 Å². The van der Waals surface area contributed by atoms with Gasteiger partial charge in [0.2, 0.25) is 0 Å². The van der Waals surface area contributed by atoms with Crippen LogP contribution in [0.3, 0.4) is 0 Å². The molecule has 1 aromatic carbocycles. The second-order valence-electron chi connectivity index (χ2n) is 3.38. The van der Waals surface area contributed by atoms with Gasteiger partial charge in [0.25, 0.3) is 0 Å². The molecule has 0 aliphatic carbocycles. The van der Waals surface area contributed by atoms with Crippen molar-refractivity contribution in [3.63, 3.8) is 0 Å². The Hall–Kier alpha value is 0.0500. The van der Waals surface area contributed by atoms with E-state index in [1.807, 2.05) is 11.8 Å². The van der Waals surface area contributed by atoms with Crippen molar-refractivity contribution >= 4 is 27.7 Å². The lowest BCUT2D eigenvalue weighted by Crippen LogP contribution is -1.98. The summed E-state index contributed by atoms with van der Waals surface area (Å²) in [6, 6.07) is 8.73. The molecule has 0 aliphatic heterocycles. The Morgan fingerprint density at radius 1 is 1.31 bits per heavy atom. The first-order valence-corrected chi connectivity index (χ1v) is 6.58. The Kier molecular flexibility index (Phi) is 4.89. The number of rotatable bonds is 4. The van der Waals surface area contributed by atoms with Crippen LogP contribution in [-0.4, -0.2) is 11.1 Å². The number of aryl methyl sites for hydroxylation is 1. The maximum absolute atomic E-state index is 3.49. The second-order valence-corrected chi connectivity index (χ2v) is 5.12. The highest BCUT2D eigenvalue weighted by molar-refractivity contribution is 9.09. The van der Waals surface area contributed by atoms with E-state index in [2.05, 4.69) is 54.0 Å². The van der Waals surface area contributed by atoms with Gasteiger partial charge < -0.3 is 0 Å². The van der Waals surface area contributed by atoms with Gasteiger partial charge in [-0.05, 0) is 25.0 Å². The van der Waals surface area contributed by atoms with E-state index >= 15 is 0 Å². The van der Waals surface area contributed by atoms with Gasteiger partial charge in [0.15, 0.2) is 0 Å². The fraction of sp³-hybridized carbons (Fsp3) is 0.455. The molecule has 0 radical (unpaired) electrons. The maximum Gasteiger partial charge on any atom is 0.00722 e. The fourth-order valence-electron chi connectivity index (χ4n) is 0.918. The highest BCUT2D eigenvalue weighted by atomic mass is 79.9. The zero-order chi connectivity index (χ0) is 9.68. The van der Waals surface area contributed by atoms with Gasteiger partial charge in [0.05, 0.1) is 0 Å². The van der Waals surface area contributed by atoms with Gasteiger partial charge in [0, 0.05) is 16.0 Å². The largest absolute Gasteiger partial charge is 0.126 e. The summed E-state index contributed by atoms with van der Waals surface area (Å²) in [6.07, 6.45) is 0. The average molecular weight is 259 g/mol. The molecule has 0 bridgehead atoms. The predicted octanol–water partition coefficient (Wildman–Crippen LogP) is 4.12. The fourth-order valence-corrected chi connectivity index (χ4v) is 2.37. The van der Waals surface area contributed by atoms with E-state index in [4.69, 9.17) is 0 Å². The molecule has 0 saturated carbocycles. The minimum atomic E-state index is 0.742. The van der Waals surface area contributed by atoms with Gasteiger partial charge in [-0.2, -0.15) is 0 Å². The van der Waals surface area contributed by atoms with Gasteiger partial charge >= 0.3 is 0 Å². The minimum Gasteiger partial charge on any atom is -0.126 e. The van der Waals surface area contributed by atoms with Gasteiger partial charge in [0.1, 0.15) is 0 Å². The van der Waals surface area contributed by atoms with Crippen LogP contribution >= 0.6 is 27.7 Å².